The molecule has 1 aromatic rings. The zero-order valence-electron chi connectivity index (χ0n) is 10.2. The van der Waals surface area contributed by atoms with Crippen molar-refractivity contribution in [2.45, 2.75) is 25.8 Å². The van der Waals surface area contributed by atoms with Crippen LogP contribution in [-0.4, -0.2) is 25.4 Å². The van der Waals surface area contributed by atoms with Crippen LogP contribution >= 0.6 is 0 Å². The lowest BCUT2D eigenvalue weighted by Crippen LogP contribution is -2.06. The molecule has 0 amide bonds. The van der Waals surface area contributed by atoms with Gasteiger partial charge < -0.3 is 15.2 Å². The maximum atomic E-state index is 13.6. The first-order valence-electron chi connectivity index (χ1n) is 5.94. The Balaban J connectivity index is 2.38. The van der Waals surface area contributed by atoms with Crippen LogP contribution in [0.3, 0.4) is 0 Å². The minimum absolute atomic E-state index is 0.201. The molecule has 2 N–H and O–H groups in total. The highest BCUT2D eigenvalue weighted by Gasteiger charge is 2.04. The van der Waals surface area contributed by atoms with Crippen LogP contribution in [0.25, 0.3) is 0 Å². The van der Waals surface area contributed by atoms with Crippen molar-refractivity contribution in [3.8, 4) is 5.75 Å². The first-order valence-corrected chi connectivity index (χ1v) is 5.94. The van der Waals surface area contributed by atoms with Crippen molar-refractivity contribution < 1.29 is 14.2 Å². The van der Waals surface area contributed by atoms with Gasteiger partial charge in [0.15, 0.2) is 11.6 Å². The molecule has 0 spiro atoms. The summed E-state index contributed by atoms with van der Waals surface area (Å²) in [6, 6.07) is 5.00. The quantitative estimate of drug-likeness (QED) is 0.685. The zero-order valence-corrected chi connectivity index (χ0v) is 10.2. The van der Waals surface area contributed by atoms with Gasteiger partial charge in [0.25, 0.3) is 0 Å². The van der Waals surface area contributed by atoms with E-state index in [1.54, 1.807) is 6.07 Å². The van der Waals surface area contributed by atoms with E-state index < -0.39 is 0 Å². The van der Waals surface area contributed by atoms with E-state index in [0.29, 0.717) is 18.9 Å². The molecule has 0 unspecified atom stereocenters. The molecule has 0 aliphatic rings. The van der Waals surface area contributed by atoms with Gasteiger partial charge in [-0.1, -0.05) is 6.07 Å². The molecule has 0 radical (unpaired) electrons. The van der Waals surface area contributed by atoms with Crippen LogP contribution in [-0.2, 0) is 6.54 Å². The van der Waals surface area contributed by atoms with Crippen LogP contribution in [0.4, 0.5) is 4.39 Å². The molecule has 1 rings (SSSR count). The average Bonchev–Trinajstić information content (AvgIpc) is 2.32. The second kappa shape index (κ2) is 8.03. The van der Waals surface area contributed by atoms with Gasteiger partial charge >= 0.3 is 0 Å². The van der Waals surface area contributed by atoms with Crippen molar-refractivity contribution in [3.63, 3.8) is 0 Å². The molecule has 0 atom stereocenters. The predicted octanol–water partition coefficient (Wildman–Crippen LogP) is 2.09. The van der Waals surface area contributed by atoms with Crippen molar-refractivity contribution in [2.24, 2.45) is 0 Å². The summed E-state index contributed by atoms with van der Waals surface area (Å²) in [5, 5.41) is 11.6. The minimum Gasteiger partial charge on any atom is -0.491 e. The maximum Gasteiger partial charge on any atom is 0.165 e. The lowest BCUT2D eigenvalue weighted by atomic mass is 10.2. The van der Waals surface area contributed by atoms with Gasteiger partial charge in [0.2, 0.25) is 0 Å². The van der Waals surface area contributed by atoms with Crippen LogP contribution < -0.4 is 10.1 Å². The SMILES string of the molecule is CNCc1ccc(OCCCCCO)c(F)c1. The van der Waals surface area contributed by atoms with E-state index in [-0.39, 0.29) is 12.4 Å². The highest BCUT2D eigenvalue weighted by molar-refractivity contribution is 5.29. The summed E-state index contributed by atoms with van der Waals surface area (Å²) in [6.45, 7) is 1.34. The Kier molecular flexibility index (Phi) is 6.58. The van der Waals surface area contributed by atoms with E-state index >= 15 is 0 Å². The molecule has 0 aliphatic carbocycles. The number of nitrogens with one attached hydrogen (secondary N) is 1. The second-order valence-corrected chi connectivity index (χ2v) is 3.93. The van der Waals surface area contributed by atoms with E-state index in [9.17, 15) is 4.39 Å². The highest BCUT2D eigenvalue weighted by Crippen LogP contribution is 2.18. The van der Waals surface area contributed by atoms with Crippen LogP contribution in [0.1, 0.15) is 24.8 Å². The number of aliphatic hydroxyl groups is 1. The zero-order chi connectivity index (χ0) is 12.5. The topological polar surface area (TPSA) is 41.5 Å². The molecule has 17 heavy (non-hydrogen) atoms. The third kappa shape index (κ3) is 5.15. The van der Waals surface area contributed by atoms with Gasteiger partial charge in [-0.05, 0) is 44.0 Å². The van der Waals surface area contributed by atoms with E-state index in [0.717, 1.165) is 24.8 Å². The Morgan fingerprint density at radius 3 is 2.76 bits per heavy atom. The Morgan fingerprint density at radius 2 is 2.12 bits per heavy atom. The minimum atomic E-state index is -0.320. The first-order chi connectivity index (χ1) is 8.27. The lowest BCUT2D eigenvalue weighted by Gasteiger charge is -2.08. The van der Waals surface area contributed by atoms with Crippen molar-refractivity contribution in [1.82, 2.24) is 5.32 Å². The fourth-order valence-corrected chi connectivity index (χ4v) is 1.55. The summed E-state index contributed by atoms with van der Waals surface area (Å²) in [6.07, 6.45) is 2.50. The summed E-state index contributed by atoms with van der Waals surface area (Å²) in [5.74, 6) is -0.0197. The number of halogens is 1. The van der Waals surface area contributed by atoms with Gasteiger partial charge in [-0.15, -0.1) is 0 Å². The molecule has 4 heteroatoms. The molecule has 96 valence electrons. The van der Waals surface area contributed by atoms with Crippen molar-refractivity contribution in [1.29, 1.82) is 0 Å². The monoisotopic (exact) mass is 241 g/mol. The van der Waals surface area contributed by atoms with Gasteiger partial charge in [0.1, 0.15) is 0 Å². The smallest absolute Gasteiger partial charge is 0.165 e. The highest BCUT2D eigenvalue weighted by atomic mass is 19.1. The third-order valence-electron chi connectivity index (χ3n) is 2.44. The van der Waals surface area contributed by atoms with Gasteiger partial charge in [-0.25, -0.2) is 4.39 Å². The van der Waals surface area contributed by atoms with Crippen molar-refractivity contribution in [3.05, 3.63) is 29.6 Å². The molecular formula is C13H20FNO2. The van der Waals surface area contributed by atoms with Crippen molar-refractivity contribution in [2.75, 3.05) is 20.3 Å². The summed E-state index contributed by atoms with van der Waals surface area (Å²) < 4.78 is 18.9. The van der Waals surface area contributed by atoms with Gasteiger partial charge in [0.05, 0.1) is 6.61 Å². The lowest BCUT2D eigenvalue weighted by molar-refractivity contribution is 0.261. The summed E-state index contributed by atoms with van der Waals surface area (Å²) in [7, 11) is 1.82. The molecule has 0 aliphatic heterocycles. The molecule has 0 heterocycles. The fourth-order valence-electron chi connectivity index (χ4n) is 1.55. The Bertz CT molecular complexity index is 331. The van der Waals surface area contributed by atoms with Gasteiger partial charge in [0, 0.05) is 13.2 Å². The van der Waals surface area contributed by atoms with Crippen LogP contribution in [0.15, 0.2) is 18.2 Å². The second-order valence-electron chi connectivity index (χ2n) is 3.93. The van der Waals surface area contributed by atoms with Gasteiger partial charge in [-0.3, -0.25) is 0 Å². The van der Waals surface area contributed by atoms with Gasteiger partial charge in [-0.2, -0.15) is 0 Å². The van der Waals surface area contributed by atoms with E-state index in [4.69, 9.17) is 9.84 Å². The number of ether oxygens (including phenoxy) is 1. The summed E-state index contributed by atoms with van der Waals surface area (Å²) >= 11 is 0. The van der Waals surface area contributed by atoms with E-state index in [1.165, 1.54) is 6.07 Å². The molecular weight excluding hydrogens is 221 g/mol. The Morgan fingerprint density at radius 1 is 1.29 bits per heavy atom. The molecule has 1 aromatic carbocycles. The number of benzene rings is 1. The van der Waals surface area contributed by atoms with Crippen molar-refractivity contribution >= 4 is 0 Å². The number of rotatable bonds is 8. The molecule has 0 aromatic heterocycles. The summed E-state index contributed by atoms with van der Waals surface area (Å²) in [5.41, 5.74) is 0.901. The number of hydrogen-bond acceptors (Lipinski definition) is 3. The van der Waals surface area contributed by atoms with Crippen LogP contribution in [0.2, 0.25) is 0 Å². The third-order valence-corrected chi connectivity index (χ3v) is 2.44. The number of hydrogen-bond donors (Lipinski definition) is 2. The number of unbranched alkanes of at least 4 members (excludes halogenated alkanes) is 2. The summed E-state index contributed by atoms with van der Waals surface area (Å²) in [4.78, 5) is 0. The Hall–Kier alpha value is -1.13. The molecule has 0 saturated heterocycles. The van der Waals surface area contributed by atoms with E-state index in [1.807, 2.05) is 13.1 Å². The maximum absolute atomic E-state index is 13.6. The standard InChI is InChI=1S/C13H20FNO2/c1-15-10-11-5-6-13(12(14)9-11)17-8-4-2-3-7-16/h5-6,9,15-16H,2-4,7-8,10H2,1H3. The molecule has 0 bridgehead atoms. The van der Waals surface area contributed by atoms with Crippen LogP contribution in [0, 0.1) is 5.82 Å². The normalized spacial score (nSPS) is 10.5. The molecule has 0 saturated carbocycles. The molecule has 3 nitrogen and oxygen atoms in total. The average molecular weight is 241 g/mol. The predicted molar refractivity (Wildman–Crippen MR) is 65.6 cm³/mol. The van der Waals surface area contributed by atoms with Crippen LogP contribution in [0.5, 0.6) is 5.75 Å². The first kappa shape index (κ1) is 13.9. The van der Waals surface area contributed by atoms with E-state index in [2.05, 4.69) is 5.32 Å². The largest absolute Gasteiger partial charge is 0.491 e. The fraction of sp³-hybridized carbons (Fsp3) is 0.538. The molecule has 0 fully saturated rings. The Labute approximate surface area is 102 Å². The number of aliphatic hydroxyl groups excluding tert-OH is 1.